The Balaban J connectivity index is 2.10. The topological polar surface area (TPSA) is 134 Å². The molecule has 0 saturated carbocycles. The Morgan fingerprint density at radius 3 is 2.42 bits per heavy atom. The molecule has 3 aromatic rings. The largest absolute Gasteiger partial charge is 0.365 e. The van der Waals surface area contributed by atoms with E-state index in [1.54, 1.807) is 18.3 Å². The van der Waals surface area contributed by atoms with Crippen LogP contribution in [0.2, 0.25) is 0 Å². The van der Waals surface area contributed by atoms with Crippen molar-refractivity contribution in [3.63, 3.8) is 0 Å². The van der Waals surface area contributed by atoms with E-state index < -0.39 is 23.5 Å². The molecular formula is C22H22FN5O3. The second-order valence-corrected chi connectivity index (χ2v) is 7.06. The predicted octanol–water partition coefficient (Wildman–Crippen LogP) is 2.50. The van der Waals surface area contributed by atoms with Crippen molar-refractivity contribution in [1.29, 1.82) is 0 Å². The average Bonchev–Trinajstić information content (AvgIpc) is 3.24. The number of carbonyl (C=O) groups excluding carboxylic acids is 3. The molecule has 1 atom stereocenters. The lowest BCUT2D eigenvalue weighted by molar-refractivity contribution is -0.137. The number of carbonyl (C=O) groups is 3. The summed E-state index contributed by atoms with van der Waals surface area (Å²) < 4.78 is 14.7. The maximum Gasteiger partial charge on any atom is 0.285 e. The van der Waals surface area contributed by atoms with Crippen LogP contribution in [0.3, 0.4) is 0 Å². The minimum absolute atomic E-state index is 0.0151. The Morgan fingerprint density at radius 1 is 1.10 bits per heavy atom. The normalized spacial score (nSPS) is 11.8. The standard InChI is InChI=1S/C22H22FN5O3/c1-2-3-4-16(19(29)21(25)31)15-9-10-26-22(18(15)20(24)30)28-11-17(27-12-28)13-5-7-14(23)8-6-13/h5-12,16H,2-4H2,1H3,(H2,24,30)(H2,25,31). The first-order chi connectivity index (χ1) is 14.8. The lowest BCUT2D eigenvalue weighted by atomic mass is 9.86. The number of imidazole rings is 1. The number of aromatic nitrogens is 3. The van der Waals surface area contributed by atoms with Gasteiger partial charge in [0.15, 0.2) is 5.82 Å². The molecule has 0 aliphatic heterocycles. The van der Waals surface area contributed by atoms with E-state index in [9.17, 15) is 18.8 Å². The van der Waals surface area contributed by atoms with E-state index in [0.717, 1.165) is 6.42 Å². The van der Waals surface area contributed by atoms with Crippen molar-refractivity contribution in [3.05, 3.63) is 66.0 Å². The number of amides is 2. The number of benzene rings is 1. The summed E-state index contributed by atoms with van der Waals surface area (Å²) in [6.45, 7) is 1.95. The van der Waals surface area contributed by atoms with Gasteiger partial charge in [-0.2, -0.15) is 0 Å². The molecule has 1 aromatic carbocycles. The number of primary amides is 2. The van der Waals surface area contributed by atoms with Crippen LogP contribution in [0.1, 0.15) is 48.0 Å². The van der Waals surface area contributed by atoms with Gasteiger partial charge in [0.05, 0.1) is 17.2 Å². The number of hydrogen-bond donors (Lipinski definition) is 2. The number of Topliss-reactive ketones (excluding diaryl/α,β-unsaturated/α-hetero) is 1. The van der Waals surface area contributed by atoms with Gasteiger partial charge >= 0.3 is 0 Å². The van der Waals surface area contributed by atoms with Gasteiger partial charge in [0.1, 0.15) is 12.1 Å². The Kier molecular flexibility index (Phi) is 6.54. The highest BCUT2D eigenvalue weighted by Crippen LogP contribution is 2.29. The fraction of sp³-hybridized carbons (Fsp3) is 0.227. The van der Waals surface area contributed by atoms with E-state index >= 15 is 0 Å². The fourth-order valence-electron chi connectivity index (χ4n) is 3.42. The summed E-state index contributed by atoms with van der Waals surface area (Å²) in [5, 5.41) is 0. The van der Waals surface area contributed by atoms with Crippen molar-refractivity contribution in [3.8, 4) is 17.1 Å². The maximum atomic E-state index is 13.2. The van der Waals surface area contributed by atoms with Gasteiger partial charge in [0.2, 0.25) is 5.78 Å². The Hall–Kier alpha value is -3.88. The van der Waals surface area contributed by atoms with Crippen LogP contribution in [0, 0.1) is 5.82 Å². The van der Waals surface area contributed by atoms with Crippen molar-refractivity contribution in [1.82, 2.24) is 14.5 Å². The van der Waals surface area contributed by atoms with E-state index in [2.05, 4.69) is 9.97 Å². The number of rotatable bonds is 9. The van der Waals surface area contributed by atoms with Gasteiger partial charge in [-0.1, -0.05) is 19.8 Å². The van der Waals surface area contributed by atoms with Crippen LogP contribution in [0.5, 0.6) is 0 Å². The summed E-state index contributed by atoms with van der Waals surface area (Å²) in [6.07, 6.45) is 6.26. The highest BCUT2D eigenvalue weighted by Gasteiger charge is 2.30. The van der Waals surface area contributed by atoms with Crippen LogP contribution < -0.4 is 11.5 Å². The molecule has 3 rings (SSSR count). The fourth-order valence-corrected chi connectivity index (χ4v) is 3.42. The third-order valence-corrected chi connectivity index (χ3v) is 4.96. The first kappa shape index (κ1) is 21.8. The van der Waals surface area contributed by atoms with Gasteiger partial charge in [-0.25, -0.2) is 14.4 Å². The molecule has 0 radical (unpaired) electrons. The average molecular weight is 423 g/mol. The second kappa shape index (κ2) is 9.29. The summed E-state index contributed by atoms with van der Waals surface area (Å²) in [7, 11) is 0. The number of pyridine rings is 1. The van der Waals surface area contributed by atoms with Crippen molar-refractivity contribution in [2.75, 3.05) is 0 Å². The minimum atomic E-state index is -1.07. The molecule has 8 nitrogen and oxygen atoms in total. The van der Waals surface area contributed by atoms with E-state index in [4.69, 9.17) is 11.5 Å². The number of nitrogens with two attached hydrogens (primary N) is 2. The molecule has 9 heteroatoms. The number of unbranched alkanes of at least 4 members (excludes halogenated alkanes) is 1. The summed E-state index contributed by atoms with van der Waals surface area (Å²) in [5.74, 6) is -3.76. The molecule has 2 aromatic heterocycles. The SMILES string of the molecule is CCCCC(C(=O)C(N)=O)c1ccnc(-n2cnc(-c3ccc(F)cc3)c2)c1C(N)=O. The van der Waals surface area contributed by atoms with Crippen LogP contribution in [0.4, 0.5) is 4.39 Å². The number of ketones is 1. The molecule has 0 spiro atoms. The third kappa shape index (κ3) is 4.66. The van der Waals surface area contributed by atoms with Crippen LogP contribution in [-0.2, 0) is 9.59 Å². The molecule has 2 amide bonds. The molecular weight excluding hydrogens is 401 g/mol. The number of hydrogen-bond acceptors (Lipinski definition) is 5. The molecule has 31 heavy (non-hydrogen) atoms. The summed E-state index contributed by atoms with van der Waals surface area (Å²) in [4.78, 5) is 45.0. The zero-order valence-electron chi connectivity index (χ0n) is 16.9. The highest BCUT2D eigenvalue weighted by atomic mass is 19.1. The summed E-state index contributed by atoms with van der Waals surface area (Å²) in [6, 6.07) is 7.29. The van der Waals surface area contributed by atoms with Gasteiger partial charge in [0.25, 0.3) is 11.8 Å². The molecule has 0 bridgehead atoms. The Bertz CT molecular complexity index is 1120. The molecule has 0 saturated heterocycles. The van der Waals surface area contributed by atoms with Crippen molar-refractivity contribution in [2.24, 2.45) is 11.5 Å². The quantitative estimate of drug-likeness (QED) is 0.510. The van der Waals surface area contributed by atoms with Crippen molar-refractivity contribution in [2.45, 2.75) is 32.1 Å². The van der Waals surface area contributed by atoms with Crippen molar-refractivity contribution >= 4 is 17.6 Å². The molecule has 4 N–H and O–H groups in total. The molecule has 0 aliphatic rings. The molecule has 160 valence electrons. The molecule has 1 unspecified atom stereocenters. The monoisotopic (exact) mass is 423 g/mol. The number of nitrogens with zero attached hydrogens (tertiary/aromatic N) is 3. The van der Waals surface area contributed by atoms with E-state index in [1.165, 1.54) is 35.3 Å². The lowest BCUT2D eigenvalue weighted by Crippen LogP contribution is -2.31. The predicted molar refractivity (Wildman–Crippen MR) is 112 cm³/mol. The maximum absolute atomic E-state index is 13.2. The van der Waals surface area contributed by atoms with Gasteiger partial charge in [0, 0.05) is 18.0 Å². The second-order valence-electron chi connectivity index (χ2n) is 7.06. The van der Waals surface area contributed by atoms with Crippen LogP contribution in [0.25, 0.3) is 17.1 Å². The smallest absolute Gasteiger partial charge is 0.285 e. The Morgan fingerprint density at radius 2 is 1.81 bits per heavy atom. The van der Waals surface area contributed by atoms with Crippen LogP contribution >= 0.6 is 0 Å². The molecule has 2 heterocycles. The summed E-state index contributed by atoms with van der Waals surface area (Å²) >= 11 is 0. The summed E-state index contributed by atoms with van der Waals surface area (Å²) in [5.41, 5.74) is 12.4. The van der Waals surface area contributed by atoms with Crippen LogP contribution in [-0.4, -0.2) is 32.1 Å². The molecule has 0 fully saturated rings. The zero-order chi connectivity index (χ0) is 22.5. The first-order valence-corrected chi connectivity index (χ1v) is 9.76. The van der Waals surface area contributed by atoms with Gasteiger partial charge < -0.3 is 11.5 Å². The minimum Gasteiger partial charge on any atom is -0.365 e. The molecule has 0 aliphatic carbocycles. The van der Waals surface area contributed by atoms with E-state index in [1.807, 2.05) is 6.92 Å². The number of halogens is 1. The van der Waals surface area contributed by atoms with Gasteiger partial charge in [-0.3, -0.25) is 19.0 Å². The third-order valence-electron chi connectivity index (χ3n) is 4.96. The van der Waals surface area contributed by atoms with Gasteiger partial charge in [-0.05, 0) is 42.3 Å². The van der Waals surface area contributed by atoms with E-state index in [-0.39, 0.29) is 17.2 Å². The first-order valence-electron chi connectivity index (χ1n) is 9.76. The van der Waals surface area contributed by atoms with Crippen molar-refractivity contribution < 1.29 is 18.8 Å². The Labute approximate surface area is 178 Å². The lowest BCUT2D eigenvalue weighted by Gasteiger charge is -2.19. The zero-order valence-corrected chi connectivity index (χ0v) is 16.9. The van der Waals surface area contributed by atoms with E-state index in [0.29, 0.717) is 29.7 Å². The highest BCUT2D eigenvalue weighted by molar-refractivity contribution is 6.37. The van der Waals surface area contributed by atoms with Gasteiger partial charge in [-0.15, -0.1) is 0 Å². The van der Waals surface area contributed by atoms with Crippen LogP contribution in [0.15, 0.2) is 49.1 Å².